The number of rotatable bonds is 6. The topological polar surface area (TPSA) is 46.9 Å². The van der Waals surface area contributed by atoms with Crippen LogP contribution in [0.25, 0.3) is 0 Å². The van der Waals surface area contributed by atoms with Crippen molar-refractivity contribution in [3.63, 3.8) is 0 Å². The maximum absolute atomic E-state index is 10.1. The summed E-state index contributed by atoms with van der Waals surface area (Å²) in [5.74, 6) is 0. The van der Waals surface area contributed by atoms with Gasteiger partial charge in [-0.15, -0.1) is 0 Å². The monoisotopic (exact) mass is 602 g/mol. The highest BCUT2D eigenvalue weighted by atomic mass is 35.5. The number of hydrogen-bond acceptors (Lipinski definition) is 4. The maximum atomic E-state index is 10.1. The Morgan fingerprint density at radius 1 is 0.658 bits per heavy atom. The van der Waals surface area contributed by atoms with Gasteiger partial charge in [0.05, 0.1) is 32.3 Å². The number of aliphatic hydroxyl groups is 2. The van der Waals surface area contributed by atoms with Gasteiger partial charge in [0.1, 0.15) is 0 Å². The molecule has 0 amide bonds. The third-order valence-corrected chi connectivity index (χ3v) is 9.42. The van der Waals surface area contributed by atoms with E-state index in [1.54, 1.807) is 0 Å². The van der Waals surface area contributed by atoms with Gasteiger partial charge in [0.25, 0.3) is 0 Å². The molecule has 0 bridgehead atoms. The molecule has 2 aromatic rings. The van der Waals surface area contributed by atoms with E-state index < -0.39 is 0 Å². The molecule has 2 aliphatic carbocycles. The highest BCUT2D eigenvalue weighted by Crippen LogP contribution is 2.43. The van der Waals surface area contributed by atoms with E-state index in [2.05, 4.69) is 50.1 Å². The Morgan fingerprint density at radius 2 is 1.03 bits per heavy atom. The van der Waals surface area contributed by atoms with Crippen LogP contribution >= 0.6 is 46.4 Å². The number of halogens is 4. The van der Waals surface area contributed by atoms with E-state index in [1.165, 1.54) is 11.1 Å². The van der Waals surface area contributed by atoms with Crippen LogP contribution in [0.5, 0.6) is 0 Å². The minimum atomic E-state index is -0.219. The second kappa shape index (κ2) is 13.9. The molecule has 0 aromatic heterocycles. The highest BCUT2D eigenvalue weighted by molar-refractivity contribution is 6.42. The fourth-order valence-corrected chi connectivity index (χ4v) is 7.12. The van der Waals surface area contributed by atoms with Crippen molar-refractivity contribution in [1.29, 1.82) is 0 Å². The van der Waals surface area contributed by atoms with E-state index >= 15 is 0 Å². The van der Waals surface area contributed by atoms with Crippen molar-refractivity contribution in [2.45, 2.75) is 74.4 Å². The molecule has 0 radical (unpaired) electrons. The Hall–Kier alpha value is -0.560. The first-order valence-electron chi connectivity index (χ1n) is 13.4. The zero-order valence-corrected chi connectivity index (χ0v) is 26.0. The lowest BCUT2D eigenvalue weighted by Gasteiger charge is -2.42. The average Bonchev–Trinajstić information content (AvgIpc) is 2.82. The summed E-state index contributed by atoms with van der Waals surface area (Å²) in [6.07, 6.45) is 7.22. The number of likely N-dealkylation sites (N-methyl/N-ethyl adjacent to an activating group) is 2. The summed E-state index contributed by atoms with van der Waals surface area (Å²) in [4.78, 5) is 4.36. The van der Waals surface area contributed by atoms with Crippen LogP contribution in [0.1, 0.15) is 62.5 Å². The van der Waals surface area contributed by atoms with Crippen LogP contribution in [0, 0.1) is 0 Å². The van der Waals surface area contributed by atoms with Gasteiger partial charge in [-0.3, -0.25) is 0 Å². The zero-order chi connectivity index (χ0) is 28.1. The van der Waals surface area contributed by atoms with E-state index in [0.29, 0.717) is 20.1 Å². The van der Waals surface area contributed by atoms with E-state index in [-0.39, 0.29) is 23.0 Å². The fraction of sp³-hybridized carbons (Fsp3) is 0.600. The van der Waals surface area contributed by atoms with Crippen LogP contribution in [-0.2, 0) is 10.8 Å². The molecule has 212 valence electrons. The van der Waals surface area contributed by atoms with Crippen molar-refractivity contribution < 1.29 is 10.2 Å². The molecule has 2 aromatic carbocycles. The number of benzene rings is 2. The Labute approximate surface area is 248 Å². The molecule has 4 rings (SSSR count). The minimum absolute atomic E-state index is 0.0185. The first kappa shape index (κ1) is 32.0. The lowest BCUT2D eigenvalue weighted by molar-refractivity contribution is 0.0717. The lowest BCUT2D eigenvalue weighted by Crippen LogP contribution is -2.43. The Balaban J connectivity index is 0.000000211. The van der Waals surface area contributed by atoms with Gasteiger partial charge in [-0.2, -0.15) is 0 Å². The third kappa shape index (κ3) is 8.24. The molecule has 0 spiro atoms. The molecule has 2 aliphatic rings. The molecule has 0 saturated heterocycles. The molecule has 2 saturated carbocycles. The third-order valence-electron chi connectivity index (χ3n) is 7.94. The zero-order valence-electron chi connectivity index (χ0n) is 23.0. The Kier molecular flexibility index (Phi) is 11.7. The number of nitrogens with zero attached hydrogens (tertiary/aromatic N) is 2. The predicted octanol–water partition coefficient (Wildman–Crippen LogP) is 7.46. The first-order chi connectivity index (χ1) is 17.9. The maximum Gasteiger partial charge on any atom is 0.0595 e. The summed E-state index contributed by atoms with van der Waals surface area (Å²) in [6.45, 7) is 1.84. The molecule has 8 heteroatoms. The summed E-state index contributed by atoms with van der Waals surface area (Å²) < 4.78 is 0. The van der Waals surface area contributed by atoms with Crippen LogP contribution in [0.15, 0.2) is 36.4 Å². The van der Waals surface area contributed by atoms with Gasteiger partial charge >= 0.3 is 0 Å². The minimum Gasteiger partial charge on any atom is -0.393 e. The second-order valence-electron chi connectivity index (χ2n) is 11.8. The molecule has 2 N–H and O–H groups in total. The van der Waals surface area contributed by atoms with Gasteiger partial charge in [0.2, 0.25) is 0 Å². The van der Waals surface area contributed by atoms with Gasteiger partial charge in [-0.1, -0.05) is 58.5 Å². The SMILES string of the molecule is CN(C)C[C@@]1(c2ccc(Cl)c(Cl)c2)CCC[C@H](O)C1.CN(C)C[C@]1(c2ccc(Cl)c(Cl)c2)CCC[C@@H](O)C1. The van der Waals surface area contributed by atoms with Crippen molar-refractivity contribution >= 4 is 46.4 Å². The van der Waals surface area contributed by atoms with E-state index in [0.717, 1.165) is 64.5 Å². The van der Waals surface area contributed by atoms with Crippen LogP contribution in [0.4, 0.5) is 0 Å². The van der Waals surface area contributed by atoms with Gasteiger partial charge in [-0.25, -0.2) is 0 Å². The fourth-order valence-electron chi connectivity index (χ4n) is 6.52. The quantitative estimate of drug-likeness (QED) is 0.360. The number of aliphatic hydroxyl groups excluding tert-OH is 2. The molecular formula is C30H42Cl4N2O2. The molecule has 2 fully saturated rings. The molecule has 0 aliphatic heterocycles. The van der Waals surface area contributed by atoms with E-state index in [9.17, 15) is 10.2 Å². The first-order valence-corrected chi connectivity index (χ1v) is 14.9. The average molecular weight is 604 g/mol. The Bertz CT molecular complexity index is 975. The van der Waals surface area contributed by atoms with E-state index in [4.69, 9.17) is 46.4 Å². The highest BCUT2D eigenvalue weighted by Gasteiger charge is 2.39. The van der Waals surface area contributed by atoms with Crippen LogP contribution in [-0.4, -0.2) is 73.5 Å². The molecular weight excluding hydrogens is 562 g/mol. The second-order valence-corrected chi connectivity index (χ2v) is 13.4. The molecule has 0 unspecified atom stereocenters. The van der Waals surface area contributed by atoms with Crippen molar-refractivity contribution in [2.24, 2.45) is 0 Å². The smallest absolute Gasteiger partial charge is 0.0595 e. The van der Waals surface area contributed by atoms with Gasteiger partial charge < -0.3 is 20.0 Å². The summed E-state index contributed by atoms with van der Waals surface area (Å²) >= 11 is 24.3. The van der Waals surface area contributed by atoms with Gasteiger partial charge in [0.15, 0.2) is 0 Å². The normalized spacial score (nSPS) is 27.8. The van der Waals surface area contributed by atoms with Crippen molar-refractivity contribution in [3.8, 4) is 0 Å². The molecule has 0 heterocycles. The van der Waals surface area contributed by atoms with Gasteiger partial charge in [0, 0.05) is 23.9 Å². The Morgan fingerprint density at radius 3 is 1.32 bits per heavy atom. The van der Waals surface area contributed by atoms with Crippen molar-refractivity contribution in [2.75, 3.05) is 41.3 Å². The summed E-state index contributed by atoms with van der Waals surface area (Å²) in [5.41, 5.74) is 2.34. The summed E-state index contributed by atoms with van der Waals surface area (Å²) in [7, 11) is 8.28. The van der Waals surface area contributed by atoms with E-state index in [1.807, 2.05) is 24.3 Å². The van der Waals surface area contributed by atoms with Gasteiger partial charge in [-0.05, 0) is 115 Å². The van der Waals surface area contributed by atoms with Crippen LogP contribution in [0.3, 0.4) is 0 Å². The summed E-state index contributed by atoms with van der Waals surface area (Å²) in [6, 6.07) is 11.7. The van der Waals surface area contributed by atoms with Crippen molar-refractivity contribution in [3.05, 3.63) is 67.6 Å². The van der Waals surface area contributed by atoms with Crippen LogP contribution in [0.2, 0.25) is 20.1 Å². The lowest BCUT2D eigenvalue weighted by atomic mass is 9.68. The largest absolute Gasteiger partial charge is 0.393 e. The standard InChI is InChI=1S/2C15H21Cl2NO/c2*1-18(2)10-15(7-3-4-12(19)9-15)11-5-6-13(16)14(17)8-11/h2*5-6,8,12,19H,3-4,7,9-10H2,1-2H3/t2*12-,15+/m10/s1. The number of hydrogen-bond donors (Lipinski definition) is 2. The summed E-state index contributed by atoms with van der Waals surface area (Å²) in [5, 5.41) is 22.5. The predicted molar refractivity (Wildman–Crippen MR) is 162 cm³/mol. The van der Waals surface area contributed by atoms with Crippen molar-refractivity contribution in [1.82, 2.24) is 9.80 Å². The molecule has 38 heavy (non-hydrogen) atoms. The van der Waals surface area contributed by atoms with Crippen LogP contribution < -0.4 is 0 Å². The molecule has 4 atom stereocenters. The molecule has 4 nitrogen and oxygen atoms in total.